The van der Waals surface area contributed by atoms with Gasteiger partial charge >= 0.3 is 0 Å². The lowest BCUT2D eigenvalue weighted by atomic mass is 9.99. The number of nitrogens with two attached hydrogens (primary N) is 1. The summed E-state index contributed by atoms with van der Waals surface area (Å²) >= 11 is 7.01. The third kappa shape index (κ3) is 4.81. The molecule has 0 fully saturated rings. The molecule has 3 N–H and O–H groups in total. The zero-order valence-electron chi connectivity index (χ0n) is 11.8. The molecule has 2 rings (SSSR count). The second-order valence-electron chi connectivity index (χ2n) is 4.87. The molecule has 0 saturated heterocycles. The van der Waals surface area contributed by atoms with Gasteiger partial charge in [-0.05, 0) is 64.2 Å². The van der Waals surface area contributed by atoms with Gasteiger partial charge in [-0.3, -0.25) is 11.3 Å². The van der Waals surface area contributed by atoms with Gasteiger partial charge in [0.2, 0.25) is 0 Å². The monoisotopic (exact) mass is 412 g/mol. The molecule has 1 unspecified atom stereocenters. The molecule has 0 aliphatic rings. The Morgan fingerprint density at radius 2 is 1.81 bits per heavy atom. The molecule has 112 valence electrons. The van der Waals surface area contributed by atoms with Gasteiger partial charge in [-0.2, -0.15) is 0 Å². The van der Waals surface area contributed by atoms with Crippen molar-refractivity contribution in [3.05, 3.63) is 62.5 Å². The third-order valence-electron chi connectivity index (χ3n) is 3.31. The number of benzene rings is 2. The summed E-state index contributed by atoms with van der Waals surface area (Å²) in [5.74, 6) is 6.54. The largest absolute Gasteiger partial charge is 0.496 e. The van der Waals surface area contributed by atoms with Crippen molar-refractivity contribution in [3.8, 4) is 5.75 Å². The van der Waals surface area contributed by atoms with Crippen LogP contribution in [0.3, 0.4) is 0 Å². The minimum absolute atomic E-state index is 0.180. The van der Waals surface area contributed by atoms with E-state index in [2.05, 4.69) is 61.6 Å². The molecule has 0 aliphatic heterocycles. The maximum absolute atomic E-state index is 5.70. The molecule has 2 aromatic rings. The Balaban J connectivity index is 2.07. The van der Waals surface area contributed by atoms with E-state index in [0.29, 0.717) is 0 Å². The summed E-state index contributed by atoms with van der Waals surface area (Å²) in [6.07, 6.45) is 1.73. The van der Waals surface area contributed by atoms with E-state index in [1.165, 1.54) is 11.1 Å². The van der Waals surface area contributed by atoms with E-state index in [9.17, 15) is 0 Å². The topological polar surface area (TPSA) is 47.3 Å². The molecule has 0 aromatic heterocycles. The molecule has 1 atom stereocenters. The van der Waals surface area contributed by atoms with Gasteiger partial charge < -0.3 is 4.74 Å². The quantitative estimate of drug-likeness (QED) is 0.558. The van der Waals surface area contributed by atoms with Crippen LogP contribution in [-0.2, 0) is 12.8 Å². The standard InChI is InChI=1S/C16H18Br2N2O/c1-21-16-6-5-12(10-15(16)18)9-14(20-19)8-11-3-2-4-13(17)7-11/h2-7,10,14,20H,8-9,19H2,1H3. The Labute approximate surface area is 142 Å². The highest BCUT2D eigenvalue weighted by molar-refractivity contribution is 9.10. The van der Waals surface area contributed by atoms with Crippen molar-refractivity contribution in [2.45, 2.75) is 18.9 Å². The number of methoxy groups -OCH3 is 1. The Kier molecular flexibility index (Phi) is 6.23. The van der Waals surface area contributed by atoms with Crippen molar-refractivity contribution in [2.24, 2.45) is 5.84 Å². The number of hydrogen-bond donors (Lipinski definition) is 2. The number of ether oxygens (including phenoxy) is 1. The first-order valence-corrected chi connectivity index (χ1v) is 8.24. The summed E-state index contributed by atoms with van der Waals surface area (Å²) in [6, 6.07) is 14.6. The Morgan fingerprint density at radius 1 is 1.10 bits per heavy atom. The first kappa shape index (κ1) is 16.5. The highest BCUT2D eigenvalue weighted by atomic mass is 79.9. The van der Waals surface area contributed by atoms with Crippen molar-refractivity contribution in [1.29, 1.82) is 0 Å². The van der Waals surface area contributed by atoms with Crippen LogP contribution in [0.5, 0.6) is 5.75 Å². The first-order valence-electron chi connectivity index (χ1n) is 6.65. The van der Waals surface area contributed by atoms with Crippen LogP contribution in [-0.4, -0.2) is 13.2 Å². The van der Waals surface area contributed by atoms with Gasteiger partial charge in [-0.15, -0.1) is 0 Å². The van der Waals surface area contributed by atoms with Crippen LogP contribution in [0.1, 0.15) is 11.1 Å². The van der Waals surface area contributed by atoms with Crippen molar-refractivity contribution >= 4 is 31.9 Å². The van der Waals surface area contributed by atoms with E-state index in [4.69, 9.17) is 10.6 Å². The van der Waals surface area contributed by atoms with Gasteiger partial charge in [0, 0.05) is 10.5 Å². The van der Waals surface area contributed by atoms with Crippen LogP contribution < -0.4 is 16.0 Å². The smallest absolute Gasteiger partial charge is 0.133 e. The molecule has 0 bridgehead atoms. The minimum Gasteiger partial charge on any atom is -0.496 e. The zero-order valence-corrected chi connectivity index (χ0v) is 14.9. The molecule has 0 radical (unpaired) electrons. The maximum Gasteiger partial charge on any atom is 0.133 e. The van der Waals surface area contributed by atoms with Crippen molar-refractivity contribution in [2.75, 3.05) is 7.11 Å². The van der Waals surface area contributed by atoms with E-state index in [0.717, 1.165) is 27.5 Å². The van der Waals surface area contributed by atoms with Crippen molar-refractivity contribution in [3.63, 3.8) is 0 Å². The fourth-order valence-corrected chi connectivity index (χ4v) is 3.29. The number of nitrogens with one attached hydrogen (secondary N) is 1. The van der Waals surface area contributed by atoms with E-state index in [1.54, 1.807) is 7.11 Å². The van der Waals surface area contributed by atoms with E-state index < -0.39 is 0 Å². The van der Waals surface area contributed by atoms with Gasteiger partial charge in [0.1, 0.15) is 5.75 Å². The van der Waals surface area contributed by atoms with Gasteiger partial charge in [-0.25, -0.2) is 0 Å². The van der Waals surface area contributed by atoms with Crippen molar-refractivity contribution < 1.29 is 4.74 Å². The number of hydrazine groups is 1. The fraction of sp³-hybridized carbons (Fsp3) is 0.250. The molecule has 5 heteroatoms. The molecule has 21 heavy (non-hydrogen) atoms. The molecular formula is C16H18Br2N2O. The lowest BCUT2D eigenvalue weighted by Crippen LogP contribution is -2.38. The van der Waals surface area contributed by atoms with Crippen LogP contribution in [0.15, 0.2) is 51.4 Å². The lowest BCUT2D eigenvalue weighted by Gasteiger charge is -2.17. The summed E-state index contributed by atoms with van der Waals surface area (Å²) < 4.78 is 7.29. The second-order valence-corrected chi connectivity index (χ2v) is 6.64. The number of halogens is 2. The number of hydrogen-bond acceptors (Lipinski definition) is 3. The van der Waals surface area contributed by atoms with E-state index >= 15 is 0 Å². The van der Waals surface area contributed by atoms with Gasteiger partial charge in [0.15, 0.2) is 0 Å². The van der Waals surface area contributed by atoms with Crippen LogP contribution in [0.25, 0.3) is 0 Å². The summed E-state index contributed by atoms with van der Waals surface area (Å²) in [5.41, 5.74) is 5.36. The summed E-state index contributed by atoms with van der Waals surface area (Å²) in [5, 5.41) is 0. The highest BCUT2D eigenvalue weighted by Crippen LogP contribution is 2.26. The second kappa shape index (κ2) is 7.94. The van der Waals surface area contributed by atoms with E-state index in [-0.39, 0.29) is 6.04 Å². The molecule has 0 amide bonds. The van der Waals surface area contributed by atoms with Gasteiger partial charge in [0.05, 0.1) is 11.6 Å². The maximum atomic E-state index is 5.70. The molecule has 0 saturated carbocycles. The molecule has 2 aromatic carbocycles. The van der Waals surface area contributed by atoms with Gasteiger partial charge in [0.25, 0.3) is 0 Å². The van der Waals surface area contributed by atoms with Gasteiger partial charge in [-0.1, -0.05) is 34.1 Å². The lowest BCUT2D eigenvalue weighted by molar-refractivity contribution is 0.412. The summed E-state index contributed by atoms with van der Waals surface area (Å²) in [4.78, 5) is 0. The summed E-state index contributed by atoms with van der Waals surface area (Å²) in [7, 11) is 1.66. The van der Waals surface area contributed by atoms with Crippen LogP contribution in [0.4, 0.5) is 0 Å². The normalized spacial score (nSPS) is 12.2. The predicted molar refractivity (Wildman–Crippen MR) is 93.4 cm³/mol. The Bertz CT molecular complexity index is 605. The molecule has 0 spiro atoms. The van der Waals surface area contributed by atoms with Crippen molar-refractivity contribution in [1.82, 2.24) is 5.43 Å². The molecule has 0 heterocycles. The molecule has 0 aliphatic carbocycles. The summed E-state index contributed by atoms with van der Waals surface area (Å²) in [6.45, 7) is 0. The highest BCUT2D eigenvalue weighted by Gasteiger charge is 2.11. The molecular weight excluding hydrogens is 396 g/mol. The number of rotatable bonds is 6. The SMILES string of the molecule is COc1ccc(CC(Cc2cccc(Br)c2)NN)cc1Br. The van der Waals surface area contributed by atoms with E-state index in [1.807, 2.05) is 18.2 Å². The third-order valence-corrected chi connectivity index (χ3v) is 4.42. The Hall–Kier alpha value is -0.880. The van der Waals surface area contributed by atoms with Crippen LogP contribution >= 0.6 is 31.9 Å². The zero-order chi connectivity index (χ0) is 15.2. The Morgan fingerprint density at radius 3 is 2.38 bits per heavy atom. The predicted octanol–water partition coefficient (Wildman–Crippen LogP) is 3.84. The average Bonchev–Trinajstić information content (AvgIpc) is 2.47. The van der Waals surface area contributed by atoms with Crippen LogP contribution in [0, 0.1) is 0 Å². The first-order chi connectivity index (χ1) is 10.1. The van der Waals surface area contributed by atoms with Crippen LogP contribution in [0.2, 0.25) is 0 Å². The molecule has 3 nitrogen and oxygen atoms in total. The fourth-order valence-electron chi connectivity index (χ4n) is 2.26. The minimum atomic E-state index is 0.180. The average molecular weight is 414 g/mol.